The van der Waals surface area contributed by atoms with E-state index in [9.17, 15) is 0 Å². The summed E-state index contributed by atoms with van der Waals surface area (Å²) in [5.74, 6) is 2.12. The highest BCUT2D eigenvalue weighted by atomic mass is 16.5. The average molecular weight is 249 g/mol. The summed E-state index contributed by atoms with van der Waals surface area (Å²) in [7, 11) is 0. The first-order valence-electron chi connectivity index (χ1n) is 6.98. The van der Waals surface area contributed by atoms with Crippen molar-refractivity contribution in [2.24, 2.45) is 11.7 Å². The van der Waals surface area contributed by atoms with Crippen molar-refractivity contribution < 1.29 is 4.74 Å². The zero-order valence-electron chi connectivity index (χ0n) is 12.2. The van der Waals surface area contributed by atoms with Crippen molar-refractivity contribution in [1.29, 1.82) is 0 Å². The highest BCUT2D eigenvalue weighted by molar-refractivity contribution is 5.36. The molecule has 0 radical (unpaired) electrons. The number of rotatable bonds is 7. The van der Waals surface area contributed by atoms with E-state index in [0.717, 1.165) is 31.7 Å². The smallest absolute Gasteiger partial charge is 0.119 e. The summed E-state index contributed by atoms with van der Waals surface area (Å²) < 4.78 is 5.74. The van der Waals surface area contributed by atoms with Crippen molar-refractivity contribution in [3.05, 3.63) is 29.3 Å². The molecule has 1 rings (SSSR count). The van der Waals surface area contributed by atoms with E-state index in [-0.39, 0.29) is 0 Å². The van der Waals surface area contributed by atoms with E-state index in [1.165, 1.54) is 11.1 Å². The fraction of sp³-hybridized carbons (Fsp3) is 0.625. The third kappa shape index (κ3) is 4.69. The summed E-state index contributed by atoms with van der Waals surface area (Å²) in [4.78, 5) is 0. The molecule has 0 spiro atoms. The lowest BCUT2D eigenvalue weighted by atomic mass is 9.92. The second-order valence-corrected chi connectivity index (χ2v) is 5.56. The molecule has 0 aliphatic carbocycles. The van der Waals surface area contributed by atoms with E-state index in [2.05, 4.69) is 45.9 Å². The minimum atomic E-state index is 0.563. The fourth-order valence-electron chi connectivity index (χ4n) is 2.13. The molecule has 0 saturated heterocycles. The molecule has 102 valence electrons. The van der Waals surface area contributed by atoms with Crippen molar-refractivity contribution in [2.75, 3.05) is 13.2 Å². The molecule has 0 amide bonds. The molecule has 2 N–H and O–H groups in total. The van der Waals surface area contributed by atoms with Gasteiger partial charge in [-0.25, -0.2) is 0 Å². The van der Waals surface area contributed by atoms with Crippen LogP contribution in [0.4, 0.5) is 0 Å². The second kappa shape index (κ2) is 7.42. The Morgan fingerprint density at radius 2 is 1.94 bits per heavy atom. The lowest BCUT2D eigenvalue weighted by molar-refractivity contribution is 0.271. The van der Waals surface area contributed by atoms with Crippen LogP contribution in [-0.4, -0.2) is 13.2 Å². The van der Waals surface area contributed by atoms with E-state index < -0.39 is 0 Å². The van der Waals surface area contributed by atoms with Gasteiger partial charge in [0.15, 0.2) is 0 Å². The summed E-state index contributed by atoms with van der Waals surface area (Å²) in [6.07, 6.45) is 2.25. The lowest BCUT2D eigenvalue weighted by Crippen LogP contribution is -2.06. The number of hydrogen-bond donors (Lipinski definition) is 1. The monoisotopic (exact) mass is 249 g/mol. The predicted octanol–water partition coefficient (Wildman–Crippen LogP) is 3.87. The minimum absolute atomic E-state index is 0.563. The van der Waals surface area contributed by atoms with Crippen molar-refractivity contribution in [2.45, 2.75) is 46.5 Å². The summed E-state index contributed by atoms with van der Waals surface area (Å²) in [6.45, 7) is 10.3. The molecule has 0 aromatic heterocycles. The zero-order valence-corrected chi connectivity index (χ0v) is 12.2. The Kier molecular flexibility index (Phi) is 6.20. The molecule has 0 saturated carbocycles. The van der Waals surface area contributed by atoms with Crippen LogP contribution < -0.4 is 10.5 Å². The minimum Gasteiger partial charge on any atom is -0.493 e. The van der Waals surface area contributed by atoms with Gasteiger partial charge in [0.05, 0.1) is 6.61 Å². The molecule has 0 aliphatic rings. The van der Waals surface area contributed by atoms with Crippen LogP contribution >= 0.6 is 0 Å². The highest BCUT2D eigenvalue weighted by Crippen LogP contribution is 2.27. The average Bonchev–Trinajstić information content (AvgIpc) is 2.33. The van der Waals surface area contributed by atoms with Gasteiger partial charge < -0.3 is 10.5 Å². The number of nitrogens with two attached hydrogens (primary N) is 1. The largest absolute Gasteiger partial charge is 0.493 e. The van der Waals surface area contributed by atoms with Crippen molar-refractivity contribution >= 4 is 0 Å². The SMILES string of the molecule is Cc1cc(OCC(C)C)ccc1C(C)CCCN. The summed E-state index contributed by atoms with van der Waals surface area (Å²) in [6, 6.07) is 6.44. The van der Waals surface area contributed by atoms with Crippen LogP contribution in [0.1, 0.15) is 50.7 Å². The predicted molar refractivity (Wildman–Crippen MR) is 78.2 cm³/mol. The molecule has 1 atom stereocenters. The molecule has 1 aromatic rings. The van der Waals surface area contributed by atoms with E-state index in [4.69, 9.17) is 10.5 Å². The van der Waals surface area contributed by atoms with Crippen LogP contribution in [0.15, 0.2) is 18.2 Å². The maximum Gasteiger partial charge on any atom is 0.119 e. The van der Waals surface area contributed by atoms with Gasteiger partial charge in [-0.2, -0.15) is 0 Å². The molecule has 0 heterocycles. The van der Waals surface area contributed by atoms with Crippen LogP contribution in [0.2, 0.25) is 0 Å². The van der Waals surface area contributed by atoms with Gasteiger partial charge in [0, 0.05) is 0 Å². The second-order valence-electron chi connectivity index (χ2n) is 5.56. The first-order valence-corrected chi connectivity index (χ1v) is 6.98. The summed E-state index contributed by atoms with van der Waals surface area (Å²) in [5.41, 5.74) is 8.30. The van der Waals surface area contributed by atoms with E-state index in [1.54, 1.807) is 0 Å². The molecule has 2 nitrogen and oxygen atoms in total. The van der Waals surface area contributed by atoms with Crippen molar-refractivity contribution in [1.82, 2.24) is 0 Å². The topological polar surface area (TPSA) is 35.2 Å². The first kappa shape index (κ1) is 15.0. The van der Waals surface area contributed by atoms with E-state index >= 15 is 0 Å². The molecular weight excluding hydrogens is 222 g/mol. The molecule has 1 aromatic carbocycles. The fourth-order valence-corrected chi connectivity index (χ4v) is 2.13. The number of hydrogen-bond acceptors (Lipinski definition) is 2. The van der Waals surface area contributed by atoms with Crippen LogP contribution in [0.5, 0.6) is 5.75 Å². The molecule has 18 heavy (non-hydrogen) atoms. The Morgan fingerprint density at radius 1 is 1.22 bits per heavy atom. The van der Waals surface area contributed by atoms with Crippen molar-refractivity contribution in [3.8, 4) is 5.75 Å². The highest BCUT2D eigenvalue weighted by Gasteiger charge is 2.09. The van der Waals surface area contributed by atoms with Crippen LogP contribution in [0, 0.1) is 12.8 Å². The zero-order chi connectivity index (χ0) is 13.5. The molecular formula is C16H27NO. The Labute approximate surface area is 112 Å². The van der Waals surface area contributed by atoms with Gasteiger partial charge in [0.2, 0.25) is 0 Å². The number of aryl methyl sites for hydroxylation is 1. The number of benzene rings is 1. The molecule has 0 bridgehead atoms. The number of ether oxygens (including phenoxy) is 1. The first-order chi connectivity index (χ1) is 8.54. The van der Waals surface area contributed by atoms with Crippen LogP contribution in [0.25, 0.3) is 0 Å². The van der Waals surface area contributed by atoms with Crippen molar-refractivity contribution in [3.63, 3.8) is 0 Å². The van der Waals surface area contributed by atoms with Gasteiger partial charge in [0.1, 0.15) is 5.75 Å². The molecule has 0 aliphatic heterocycles. The maximum atomic E-state index is 5.74. The normalized spacial score (nSPS) is 12.8. The quantitative estimate of drug-likeness (QED) is 0.796. The Hall–Kier alpha value is -1.02. The van der Waals surface area contributed by atoms with Gasteiger partial charge in [-0.05, 0) is 61.4 Å². The van der Waals surface area contributed by atoms with Gasteiger partial charge in [-0.15, -0.1) is 0 Å². The van der Waals surface area contributed by atoms with Gasteiger partial charge >= 0.3 is 0 Å². The molecule has 2 heteroatoms. The maximum absolute atomic E-state index is 5.74. The van der Waals surface area contributed by atoms with E-state index in [1.807, 2.05) is 0 Å². The Bertz CT molecular complexity index is 360. The van der Waals surface area contributed by atoms with Gasteiger partial charge in [-0.1, -0.05) is 26.8 Å². The molecule has 1 unspecified atom stereocenters. The van der Waals surface area contributed by atoms with Crippen LogP contribution in [0.3, 0.4) is 0 Å². The molecule has 0 fully saturated rings. The third-order valence-corrected chi connectivity index (χ3v) is 3.20. The van der Waals surface area contributed by atoms with Gasteiger partial charge in [-0.3, -0.25) is 0 Å². The summed E-state index contributed by atoms with van der Waals surface area (Å²) >= 11 is 0. The Morgan fingerprint density at radius 3 is 2.50 bits per heavy atom. The Balaban J connectivity index is 2.66. The lowest BCUT2D eigenvalue weighted by Gasteiger charge is -2.16. The summed E-state index contributed by atoms with van der Waals surface area (Å²) in [5, 5.41) is 0. The van der Waals surface area contributed by atoms with Crippen LogP contribution in [-0.2, 0) is 0 Å². The van der Waals surface area contributed by atoms with E-state index in [0.29, 0.717) is 11.8 Å². The third-order valence-electron chi connectivity index (χ3n) is 3.20. The standard InChI is InChI=1S/C16H27NO/c1-12(2)11-18-15-7-8-16(14(4)10-15)13(3)6-5-9-17/h7-8,10,12-13H,5-6,9,11,17H2,1-4H3. The van der Waals surface area contributed by atoms with Gasteiger partial charge in [0.25, 0.3) is 0 Å².